The molecule has 0 spiro atoms. The van der Waals surface area contributed by atoms with Crippen LogP contribution in [-0.2, 0) is 14.9 Å². The van der Waals surface area contributed by atoms with Crippen LogP contribution in [0.5, 0.6) is 0 Å². The summed E-state index contributed by atoms with van der Waals surface area (Å²) in [7, 11) is 0. The summed E-state index contributed by atoms with van der Waals surface area (Å²) in [6, 6.07) is 3.77. The Balaban J connectivity index is 2.28. The second-order valence-electron chi connectivity index (χ2n) is 4.72. The molecule has 0 aliphatic carbocycles. The van der Waals surface area contributed by atoms with Crippen molar-refractivity contribution in [2.24, 2.45) is 0 Å². The predicted molar refractivity (Wildman–Crippen MR) is 71.5 cm³/mol. The van der Waals surface area contributed by atoms with Gasteiger partial charge in [-0.3, -0.25) is 9.78 Å². The third kappa shape index (κ3) is 2.65. The van der Waals surface area contributed by atoms with Gasteiger partial charge in [-0.2, -0.15) is 0 Å². The van der Waals surface area contributed by atoms with Gasteiger partial charge in [-0.25, -0.2) is 4.98 Å². The lowest BCUT2D eigenvalue weighted by molar-refractivity contribution is -0.149. The highest BCUT2D eigenvalue weighted by molar-refractivity contribution is 5.81. The summed E-state index contributed by atoms with van der Waals surface area (Å²) in [6.45, 7) is 5.73. The first-order valence-electron chi connectivity index (χ1n) is 6.19. The molecule has 100 valence electrons. The SMILES string of the molecule is CCOC(=O)C(C)(C)c1nc(-c2cccnc2)c[nH]1. The largest absolute Gasteiger partial charge is 0.465 e. The Morgan fingerprint density at radius 1 is 1.47 bits per heavy atom. The number of hydrogen-bond acceptors (Lipinski definition) is 4. The van der Waals surface area contributed by atoms with Crippen molar-refractivity contribution in [2.75, 3.05) is 6.61 Å². The first-order valence-corrected chi connectivity index (χ1v) is 6.19. The van der Waals surface area contributed by atoms with E-state index in [4.69, 9.17) is 4.74 Å². The van der Waals surface area contributed by atoms with Crippen LogP contribution >= 0.6 is 0 Å². The van der Waals surface area contributed by atoms with Crippen LogP contribution < -0.4 is 0 Å². The number of carbonyl (C=O) groups excluding carboxylic acids is 1. The van der Waals surface area contributed by atoms with E-state index in [-0.39, 0.29) is 5.97 Å². The number of rotatable bonds is 4. The van der Waals surface area contributed by atoms with Gasteiger partial charge >= 0.3 is 5.97 Å². The van der Waals surface area contributed by atoms with Crippen molar-refractivity contribution in [1.29, 1.82) is 0 Å². The molecular weight excluding hydrogens is 242 g/mol. The molecule has 1 N–H and O–H groups in total. The van der Waals surface area contributed by atoms with Crippen LogP contribution in [-0.4, -0.2) is 27.5 Å². The van der Waals surface area contributed by atoms with E-state index in [2.05, 4.69) is 15.0 Å². The van der Waals surface area contributed by atoms with Crippen molar-refractivity contribution < 1.29 is 9.53 Å². The highest BCUT2D eigenvalue weighted by Crippen LogP contribution is 2.25. The van der Waals surface area contributed by atoms with E-state index in [0.717, 1.165) is 11.3 Å². The number of nitrogens with zero attached hydrogens (tertiary/aromatic N) is 2. The number of hydrogen-bond donors (Lipinski definition) is 1. The summed E-state index contributed by atoms with van der Waals surface area (Å²) < 4.78 is 5.06. The monoisotopic (exact) mass is 259 g/mol. The van der Waals surface area contributed by atoms with Gasteiger partial charge < -0.3 is 9.72 Å². The van der Waals surface area contributed by atoms with Crippen molar-refractivity contribution in [3.8, 4) is 11.3 Å². The summed E-state index contributed by atoms with van der Waals surface area (Å²) in [5, 5.41) is 0. The molecule has 0 fully saturated rings. The van der Waals surface area contributed by atoms with E-state index >= 15 is 0 Å². The van der Waals surface area contributed by atoms with Gasteiger partial charge in [0.05, 0.1) is 12.3 Å². The van der Waals surface area contributed by atoms with Gasteiger partial charge in [0.1, 0.15) is 11.2 Å². The quantitative estimate of drug-likeness (QED) is 0.855. The molecule has 0 saturated carbocycles. The summed E-state index contributed by atoms with van der Waals surface area (Å²) in [4.78, 5) is 23.5. The maximum absolute atomic E-state index is 11.9. The second-order valence-corrected chi connectivity index (χ2v) is 4.72. The molecule has 0 aromatic carbocycles. The van der Waals surface area contributed by atoms with Crippen LogP contribution in [0.25, 0.3) is 11.3 Å². The maximum Gasteiger partial charge on any atom is 0.319 e. The average molecular weight is 259 g/mol. The lowest BCUT2D eigenvalue weighted by Gasteiger charge is -2.19. The van der Waals surface area contributed by atoms with Crippen molar-refractivity contribution in [2.45, 2.75) is 26.2 Å². The van der Waals surface area contributed by atoms with Crippen LogP contribution in [0, 0.1) is 0 Å². The fraction of sp³-hybridized carbons (Fsp3) is 0.357. The average Bonchev–Trinajstić information content (AvgIpc) is 2.90. The summed E-state index contributed by atoms with van der Waals surface area (Å²) in [6.07, 6.45) is 5.21. The molecule has 0 radical (unpaired) electrons. The normalized spacial score (nSPS) is 11.3. The fourth-order valence-corrected chi connectivity index (χ4v) is 1.71. The topological polar surface area (TPSA) is 67.9 Å². The number of carbonyl (C=O) groups is 1. The molecule has 19 heavy (non-hydrogen) atoms. The molecule has 0 bridgehead atoms. The van der Waals surface area contributed by atoms with Crippen LogP contribution in [0.2, 0.25) is 0 Å². The Kier molecular flexibility index (Phi) is 3.64. The lowest BCUT2D eigenvalue weighted by atomic mass is 9.93. The van der Waals surface area contributed by atoms with Crippen LogP contribution in [0.15, 0.2) is 30.7 Å². The van der Waals surface area contributed by atoms with Crippen LogP contribution in [0.1, 0.15) is 26.6 Å². The zero-order valence-electron chi connectivity index (χ0n) is 11.3. The molecule has 0 aliphatic heterocycles. The third-order valence-electron chi connectivity index (χ3n) is 2.91. The second kappa shape index (κ2) is 5.22. The number of imidazole rings is 1. The molecule has 2 heterocycles. The van der Waals surface area contributed by atoms with Crippen LogP contribution in [0.3, 0.4) is 0 Å². The standard InChI is InChI=1S/C14H17N3O2/c1-4-19-13(18)14(2,3)12-16-9-11(17-12)10-6-5-7-15-8-10/h5-9H,4H2,1-3H3,(H,16,17). The van der Waals surface area contributed by atoms with Crippen molar-refractivity contribution in [1.82, 2.24) is 15.0 Å². The van der Waals surface area contributed by atoms with Crippen LogP contribution in [0.4, 0.5) is 0 Å². The van der Waals surface area contributed by atoms with Crippen molar-refractivity contribution in [3.63, 3.8) is 0 Å². The fourth-order valence-electron chi connectivity index (χ4n) is 1.71. The smallest absolute Gasteiger partial charge is 0.319 e. The van der Waals surface area contributed by atoms with E-state index < -0.39 is 5.41 Å². The predicted octanol–water partition coefficient (Wildman–Crippen LogP) is 2.31. The minimum Gasteiger partial charge on any atom is -0.465 e. The number of nitrogens with one attached hydrogen (secondary N) is 1. The minimum absolute atomic E-state index is 0.290. The molecule has 5 nitrogen and oxygen atoms in total. The molecule has 2 aromatic rings. The number of aromatic amines is 1. The van der Waals surface area contributed by atoms with Gasteiger partial charge in [0.2, 0.25) is 0 Å². The maximum atomic E-state index is 11.9. The number of pyridine rings is 1. The highest BCUT2D eigenvalue weighted by Gasteiger charge is 2.34. The minimum atomic E-state index is -0.795. The Morgan fingerprint density at radius 2 is 2.26 bits per heavy atom. The molecule has 0 amide bonds. The van der Waals surface area contributed by atoms with E-state index in [1.54, 1.807) is 39.4 Å². The third-order valence-corrected chi connectivity index (χ3v) is 2.91. The lowest BCUT2D eigenvalue weighted by Crippen LogP contribution is -2.32. The Bertz CT molecular complexity index is 561. The van der Waals surface area contributed by atoms with E-state index in [0.29, 0.717) is 12.4 Å². The van der Waals surface area contributed by atoms with Gasteiger partial charge in [0, 0.05) is 24.2 Å². The van der Waals surface area contributed by atoms with Crippen molar-refractivity contribution >= 4 is 5.97 Å². The van der Waals surface area contributed by atoms with Gasteiger partial charge in [-0.1, -0.05) is 0 Å². The Labute approximate surface area is 112 Å². The molecule has 0 unspecified atom stereocenters. The summed E-state index contributed by atoms with van der Waals surface area (Å²) in [5.41, 5.74) is 0.876. The van der Waals surface area contributed by atoms with Gasteiger partial charge in [-0.15, -0.1) is 0 Å². The molecule has 0 saturated heterocycles. The first kappa shape index (κ1) is 13.3. The molecule has 2 rings (SSSR count). The van der Waals surface area contributed by atoms with Crippen molar-refractivity contribution in [3.05, 3.63) is 36.5 Å². The molecule has 5 heteroatoms. The number of H-pyrrole nitrogens is 1. The number of esters is 1. The van der Waals surface area contributed by atoms with E-state index in [1.165, 1.54) is 0 Å². The van der Waals surface area contributed by atoms with Gasteiger partial charge in [0.15, 0.2) is 0 Å². The van der Waals surface area contributed by atoms with E-state index in [9.17, 15) is 4.79 Å². The zero-order valence-corrected chi connectivity index (χ0v) is 11.3. The molecule has 0 atom stereocenters. The molecule has 0 aliphatic rings. The Hall–Kier alpha value is -2.17. The number of ether oxygens (including phenoxy) is 1. The highest BCUT2D eigenvalue weighted by atomic mass is 16.5. The van der Waals surface area contributed by atoms with Gasteiger partial charge in [-0.05, 0) is 32.9 Å². The molecule has 2 aromatic heterocycles. The Morgan fingerprint density at radius 3 is 2.89 bits per heavy atom. The summed E-state index contributed by atoms with van der Waals surface area (Å²) >= 11 is 0. The number of aromatic nitrogens is 3. The first-order chi connectivity index (χ1) is 9.05. The summed E-state index contributed by atoms with van der Waals surface area (Å²) in [5.74, 6) is 0.298. The van der Waals surface area contributed by atoms with Gasteiger partial charge in [0.25, 0.3) is 0 Å². The zero-order chi connectivity index (χ0) is 13.9. The molecular formula is C14H17N3O2. The van der Waals surface area contributed by atoms with E-state index in [1.807, 2.05) is 12.1 Å².